The van der Waals surface area contributed by atoms with Crippen molar-refractivity contribution in [1.82, 2.24) is 0 Å². The van der Waals surface area contributed by atoms with Gasteiger partial charge in [-0.2, -0.15) is 16.8 Å². The Morgan fingerprint density at radius 1 is 1.21 bits per heavy atom. The van der Waals surface area contributed by atoms with Crippen LogP contribution in [0.5, 0.6) is 0 Å². The molecule has 1 aromatic rings. The molecule has 1 rings (SSSR count). The third-order valence-electron chi connectivity index (χ3n) is 2.04. The van der Waals surface area contributed by atoms with Crippen molar-refractivity contribution < 1.29 is 42.9 Å². The van der Waals surface area contributed by atoms with Gasteiger partial charge in [0.2, 0.25) is 5.39 Å². The zero-order valence-corrected chi connectivity index (χ0v) is 13.0. The van der Waals surface area contributed by atoms with Gasteiger partial charge in [0.25, 0.3) is 10.1 Å². The van der Waals surface area contributed by atoms with Gasteiger partial charge in [-0.05, 0) is 13.0 Å². The SMILES string of the molecule is Cc1c([N+]#N)c(S(=O)(=O)O)cc(Cl)c1S(=O)(=O)O.[Br-]. The van der Waals surface area contributed by atoms with E-state index in [1.165, 1.54) is 0 Å². The monoisotopic (exact) mass is 392 g/mol. The predicted molar refractivity (Wildman–Crippen MR) is 60.6 cm³/mol. The molecule has 0 fully saturated rings. The van der Waals surface area contributed by atoms with Gasteiger partial charge in [-0.25, -0.2) is 0 Å². The summed E-state index contributed by atoms with van der Waals surface area (Å²) in [5.74, 6) is 0. The minimum Gasteiger partial charge on any atom is -1.00 e. The van der Waals surface area contributed by atoms with E-state index in [0.717, 1.165) is 6.92 Å². The molecule has 8 nitrogen and oxygen atoms in total. The molecular formula is C7H6BrClN2O6S2. The van der Waals surface area contributed by atoms with E-state index in [0.29, 0.717) is 6.07 Å². The molecule has 0 amide bonds. The molecule has 0 aliphatic rings. The number of hydrogen-bond acceptors (Lipinski definition) is 5. The Hall–Kier alpha value is -0.770. The summed E-state index contributed by atoms with van der Waals surface area (Å²) in [6.07, 6.45) is 0. The van der Waals surface area contributed by atoms with Gasteiger partial charge in [-0.1, -0.05) is 11.6 Å². The molecule has 0 atom stereocenters. The second-order valence-electron chi connectivity index (χ2n) is 3.21. The molecule has 0 saturated heterocycles. The minimum atomic E-state index is -4.77. The first kappa shape index (κ1) is 18.2. The standard InChI is InChI=1S/C7H5ClN2O6S2.BrH/c1-3-6(10-9)5(17(11,12)13)2-4(8)7(3)18(14,15)16;/h2H,1H3,(H-,11,12,13,14,15,16);1H. The largest absolute Gasteiger partial charge is 1.00 e. The highest BCUT2D eigenvalue weighted by Gasteiger charge is 2.34. The van der Waals surface area contributed by atoms with Crippen LogP contribution in [0.1, 0.15) is 5.56 Å². The van der Waals surface area contributed by atoms with Crippen LogP contribution in [0.4, 0.5) is 5.69 Å². The van der Waals surface area contributed by atoms with Gasteiger partial charge >= 0.3 is 15.8 Å². The molecule has 0 unspecified atom stereocenters. The van der Waals surface area contributed by atoms with Gasteiger partial charge in [0.05, 0.1) is 10.6 Å². The van der Waals surface area contributed by atoms with E-state index < -0.39 is 46.3 Å². The zero-order valence-electron chi connectivity index (χ0n) is 9.07. The van der Waals surface area contributed by atoms with Crippen LogP contribution < -0.4 is 17.0 Å². The molecule has 1 aromatic carbocycles. The van der Waals surface area contributed by atoms with Crippen LogP contribution >= 0.6 is 11.6 Å². The number of diazo groups is 1. The zero-order chi connectivity index (χ0) is 14.3. The second-order valence-corrected chi connectivity index (χ2v) is 6.36. The summed E-state index contributed by atoms with van der Waals surface area (Å²) in [4.78, 5) is 0.902. The second kappa shape index (κ2) is 5.70. The van der Waals surface area contributed by atoms with Crippen molar-refractivity contribution in [3.8, 4) is 0 Å². The fourth-order valence-corrected chi connectivity index (χ4v) is 3.46. The molecule has 0 heterocycles. The molecule has 0 radical (unpaired) electrons. The molecule has 0 aliphatic carbocycles. The number of halogens is 2. The highest BCUT2D eigenvalue weighted by Crippen LogP contribution is 2.37. The van der Waals surface area contributed by atoms with E-state index in [4.69, 9.17) is 26.1 Å². The number of rotatable bonds is 2. The lowest BCUT2D eigenvalue weighted by Crippen LogP contribution is -3.00. The lowest BCUT2D eigenvalue weighted by molar-refractivity contribution is -0.0000122. The Morgan fingerprint density at radius 3 is 2.00 bits per heavy atom. The molecule has 12 heteroatoms. The predicted octanol–water partition coefficient (Wildman–Crippen LogP) is -1.37. The third-order valence-corrected chi connectivity index (χ3v) is 4.36. The van der Waals surface area contributed by atoms with Gasteiger partial charge < -0.3 is 17.0 Å². The molecule has 0 spiro atoms. The number of benzene rings is 1. The lowest BCUT2D eigenvalue weighted by atomic mass is 10.2. The summed E-state index contributed by atoms with van der Waals surface area (Å²) in [6, 6.07) is 0.558. The maximum Gasteiger partial charge on any atom is 0.410 e. The number of hydrogen-bond donors (Lipinski definition) is 2. The van der Waals surface area contributed by atoms with Crippen LogP contribution in [-0.4, -0.2) is 25.9 Å². The molecule has 19 heavy (non-hydrogen) atoms. The van der Waals surface area contributed by atoms with Crippen LogP contribution in [-0.2, 0) is 20.2 Å². The van der Waals surface area contributed by atoms with Crippen molar-refractivity contribution in [2.75, 3.05) is 0 Å². The van der Waals surface area contributed by atoms with Crippen molar-refractivity contribution in [2.24, 2.45) is 0 Å². The molecule has 0 saturated carbocycles. The van der Waals surface area contributed by atoms with Gasteiger partial charge in [0.1, 0.15) is 4.90 Å². The first-order valence-corrected chi connectivity index (χ1v) is 7.39. The Balaban J connectivity index is 0.00000324. The van der Waals surface area contributed by atoms with E-state index in [2.05, 4.69) is 4.98 Å². The highest BCUT2D eigenvalue weighted by molar-refractivity contribution is 7.86. The molecule has 0 aliphatic heterocycles. The Morgan fingerprint density at radius 2 is 1.68 bits per heavy atom. The van der Waals surface area contributed by atoms with E-state index in [1.807, 2.05) is 0 Å². The first-order chi connectivity index (χ1) is 8.00. The third kappa shape index (κ3) is 3.62. The van der Waals surface area contributed by atoms with E-state index in [1.54, 1.807) is 0 Å². The smallest absolute Gasteiger partial charge is 0.410 e. The van der Waals surface area contributed by atoms with Crippen molar-refractivity contribution in [2.45, 2.75) is 16.7 Å². The van der Waals surface area contributed by atoms with Crippen LogP contribution in [0, 0.1) is 12.3 Å². The van der Waals surface area contributed by atoms with Crippen molar-refractivity contribution in [3.05, 3.63) is 21.6 Å². The summed E-state index contributed by atoms with van der Waals surface area (Å²) in [6.45, 7) is 1.05. The summed E-state index contributed by atoms with van der Waals surface area (Å²) >= 11 is 5.52. The molecule has 2 N–H and O–H groups in total. The maximum absolute atomic E-state index is 11.0. The van der Waals surface area contributed by atoms with Crippen LogP contribution in [0.25, 0.3) is 4.98 Å². The van der Waals surface area contributed by atoms with Gasteiger partial charge in [-0.3, -0.25) is 9.11 Å². The summed E-state index contributed by atoms with van der Waals surface area (Å²) in [7, 11) is -9.51. The average molecular weight is 394 g/mol. The Bertz CT molecular complexity index is 768. The fraction of sp³-hybridized carbons (Fsp3) is 0.143. The van der Waals surface area contributed by atoms with E-state index in [-0.39, 0.29) is 17.0 Å². The highest BCUT2D eigenvalue weighted by atomic mass is 79.9. The van der Waals surface area contributed by atoms with E-state index >= 15 is 0 Å². The van der Waals surface area contributed by atoms with Gasteiger partial charge in [0.15, 0.2) is 9.87 Å². The number of nitrogens with zero attached hydrogens (tertiary/aromatic N) is 2. The van der Waals surface area contributed by atoms with Crippen LogP contribution in [0.3, 0.4) is 0 Å². The quantitative estimate of drug-likeness (QED) is 0.467. The molecule has 106 valence electrons. The summed E-state index contributed by atoms with van der Waals surface area (Å²) < 4.78 is 61.9. The fourth-order valence-electron chi connectivity index (χ4n) is 1.36. The summed E-state index contributed by atoms with van der Waals surface area (Å²) in [5.41, 5.74) is -1.14. The van der Waals surface area contributed by atoms with E-state index in [9.17, 15) is 16.8 Å². The van der Waals surface area contributed by atoms with Gasteiger partial charge in [-0.15, -0.1) is 0 Å². The van der Waals surface area contributed by atoms with Crippen LogP contribution in [0.2, 0.25) is 5.02 Å². The lowest BCUT2D eigenvalue weighted by Gasteiger charge is -2.04. The van der Waals surface area contributed by atoms with Crippen LogP contribution in [0.15, 0.2) is 15.9 Å². The molecule has 0 aromatic heterocycles. The van der Waals surface area contributed by atoms with Crippen molar-refractivity contribution in [3.63, 3.8) is 0 Å². The van der Waals surface area contributed by atoms with Crippen molar-refractivity contribution >= 4 is 37.5 Å². The Kier molecular flexibility index (Phi) is 5.46. The van der Waals surface area contributed by atoms with Crippen molar-refractivity contribution in [1.29, 1.82) is 5.39 Å². The molecular weight excluding hydrogens is 388 g/mol. The first-order valence-electron chi connectivity index (χ1n) is 4.13. The minimum absolute atomic E-state index is 0. The average Bonchev–Trinajstić information content (AvgIpc) is 2.13. The normalized spacial score (nSPS) is 11.5. The van der Waals surface area contributed by atoms with Gasteiger partial charge in [0, 0.05) is 0 Å². The molecule has 0 bridgehead atoms. The maximum atomic E-state index is 11.0. The Labute approximate surface area is 124 Å². The topological polar surface area (TPSA) is 137 Å². The summed E-state index contributed by atoms with van der Waals surface area (Å²) in [5, 5.41) is 8.04.